The number of halogens is 1. The normalized spacial score (nSPS) is 19.7. The molecule has 0 aliphatic carbocycles. The van der Waals surface area contributed by atoms with Gasteiger partial charge in [0, 0.05) is 28.7 Å². The molecule has 1 unspecified atom stereocenters. The van der Waals surface area contributed by atoms with Crippen LogP contribution in [0.15, 0.2) is 48.5 Å². The first-order chi connectivity index (χ1) is 12.2. The van der Waals surface area contributed by atoms with Crippen LogP contribution in [0.4, 0.5) is 5.69 Å². The Hall–Kier alpha value is -1.84. The summed E-state index contributed by atoms with van der Waals surface area (Å²) in [6.45, 7) is 8.54. The average Bonchev–Trinajstić information content (AvgIpc) is 2.90. The molecule has 0 spiro atoms. The van der Waals surface area contributed by atoms with Crippen LogP contribution in [0.25, 0.3) is 0 Å². The lowest BCUT2D eigenvalue weighted by molar-refractivity contribution is -0.147. The minimum atomic E-state index is -1.22. The number of carbonyl (C=O) groups is 1. The second-order valence-electron chi connectivity index (χ2n) is 8.00. The summed E-state index contributed by atoms with van der Waals surface area (Å²) in [5.74, 6) is -0.0605. The number of hydrogen-bond donors (Lipinski definition) is 1. The summed E-state index contributed by atoms with van der Waals surface area (Å²) in [7, 11) is 0. The lowest BCUT2D eigenvalue weighted by atomic mass is 9.67. The lowest BCUT2D eigenvalue weighted by Gasteiger charge is -2.40. The fourth-order valence-corrected chi connectivity index (χ4v) is 4.08. The van der Waals surface area contributed by atoms with Crippen molar-refractivity contribution in [2.45, 2.75) is 39.8 Å². The summed E-state index contributed by atoms with van der Waals surface area (Å²) in [6.07, 6.45) is 0. The number of rotatable bonds is 5. The molecule has 3 rings (SSSR count). The number of carbonyl (C=O) groups excluding carboxylic acids is 1. The van der Waals surface area contributed by atoms with Gasteiger partial charge >= 0.3 is 0 Å². The number of para-hydroxylation sites is 1. The largest absolute Gasteiger partial charge is 0.382 e. The van der Waals surface area contributed by atoms with Crippen LogP contribution in [0.3, 0.4) is 0 Å². The van der Waals surface area contributed by atoms with Crippen molar-refractivity contribution < 1.29 is 9.90 Å². The van der Waals surface area contributed by atoms with Gasteiger partial charge in [-0.25, -0.2) is 0 Å². The molecule has 0 saturated carbocycles. The molecule has 0 aromatic heterocycles. The van der Waals surface area contributed by atoms with Gasteiger partial charge in [-0.05, 0) is 37.6 Å². The van der Waals surface area contributed by atoms with Gasteiger partial charge in [-0.15, -0.1) is 0 Å². The predicted molar refractivity (Wildman–Crippen MR) is 106 cm³/mol. The van der Waals surface area contributed by atoms with E-state index in [-0.39, 0.29) is 11.7 Å². The molecule has 3 nitrogen and oxygen atoms in total. The second kappa shape index (κ2) is 6.71. The zero-order valence-corrected chi connectivity index (χ0v) is 16.5. The number of aliphatic hydroxyl groups is 1. The zero-order chi connectivity index (χ0) is 19.1. The highest BCUT2D eigenvalue weighted by Gasteiger charge is 2.55. The van der Waals surface area contributed by atoms with Crippen molar-refractivity contribution in [3.8, 4) is 0 Å². The number of hydrogen-bond acceptors (Lipinski definition) is 3. The number of benzene rings is 2. The fourth-order valence-electron chi connectivity index (χ4n) is 3.96. The Morgan fingerprint density at radius 2 is 1.81 bits per heavy atom. The van der Waals surface area contributed by atoms with Crippen molar-refractivity contribution in [2.24, 2.45) is 11.3 Å². The first-order valence-corrected chi connectivity index (χ1v) is 9.40. The van der Waals surface area contributed by atoms with Crippen molar-refractivity contribution in [3.05, 3.63) is 64.7 Å². The highest BCUT2D eigenvalue weighted by atomic mass is 35.5. The van der Waals surface area contributed by atoms with E-state index in [0.717, 1.165) is 16.8 Å². The van der Waals surface area contributed by atoms with Gasteiger partial charge in [-0.1, -0.05) is 55.8 Å². The number of β-amino-alcohol motifs (C(OH)–C–C–N with tert-alkyl or cyclic N) is 1. The molecule has 4 heteroatoms. The van der Waals surface area contributed by atoms with E-state index in [1.807, 2.05) is 76.2 Å². The molecular weight excluding hydrogens is 346 g/mol. The van der Waals surface area contributed by atoms with E-state index < -0.39 is 11.0 Å². The van der Waals surface area contributed by atoms with Crippen molar-refractivity contribution in [2.75, 3.05) is 11.4 Å². The number of anilines is 1. The van der Waals surface area contributed by atoms with E-state index in [1.54, 1.807) is 0 Å². The number of nitrogens with zero attached hydrogens (tertiary/aromatic N) is 1. The van der Waals surface area contributed by atoms with Gasteiger partial charge < -0.3 is 10.0 Å². The van der Waals surface area contributed by atoms with E-state index >= 15 is 0 Å². The molecule has 2 aromatic carbocycles. The molecule has 1 heterocycles. The van der Waals surface area contributed by atoms with Gasteiger partial charge in [-0.2, -0.15) is 0 Å². The van der Waals surface area contributed by atoms with E-state index in [1.165, 1.54) is 0 Å². The van der Waals surface area contributed by atoms with Gasteiger partial charge in [0.15, 0.2) is 0 Å². The summed E-state index contributed by atoms with van der Waals surface area (Å²) < 4.78 is 0. The number of Topliss-reactive ketones (excluding diaryl/α,β-unsaturated/α-hetero) is 1. The highest BCUT2D eigenvalue weighted by molar-refractivity contribution is 6.30. The fraction of sp³-hybridized carbons (Fsp3) is 0.409. The maximum Gasteiger partial charge on any atom is 0.144 e. The van der Waals surface area contributed by atoms with E-state index in [9.17, 15) is 9.90 Å². The first kappa shape index (κ1) is 18.9. The van der Waals surface area contributed by atoms with E-state index in [0.29, 0.717) is 18.1 Å². The van der Waals surface area contributed by atoms with Crippen LogP contribution in [0.2, 0.25) is 5.02 Å². The highest BCUT2D eigenvalue weighted by Crippen LogP contribution is 2.50. The maximum absolute atomic E-state index is 12.9. The first-order valence-electron chi connectivity index (χ1n) is 9.02. The average molecular weight is 372 g/mol. The number of fused-ring (bicyclic) bond motifs is 1. The molecule has 1 aliphatic rings. The Labute approximate surface area is 160 Å². The molecule has 138 valence electrons. The maximum atomic E-state index is 12.9. The molecule has 26 heavy (non-hydrogen) atoms. The molecule has 2 aromatic rings. The Morgan fingerprint density at radius 3 is 2.42 bits per heavy atom. The van der Waals surface area contributed by atoms with Crippen molar-refractivity contribution in [1.82, 2.24) is 0 Å². The molecule has 1 N–H and O–H groups in total. The topological polar surface area (TPSA) is 40.5 Å². The molecule has 1 aliphatic heterocycles. The third-order valence-corrected chi connectivity index (χ3v) is 5.82. The summed E-state index contributed by atoms with van der Waals surface area (Å²) in [4.78, 5) is 15.0. The van der Waals surface area contributed by atoms with Crippen molar-refractivity contribution in [1.29, 1.82) is 0 Å². The Morgan fingerprint density at radius 1 is 1.19 bits per heavy atom. The lowest BCUT2D eigenvalue weighted by Crippen LogP contribution is -2.51. The molecule has 0 amide bonds. The van der Waals surface area contributed by atoms with Gasteiger partial charge in [0.1, 0.15) is 11.4 Å². The Bertz CT molecular complexity index is 813. The smallest absolute Gasteiger partial charge is 0.144 e. The van der Waals surface area contributed by atoms with Gasteiger partial charge in [-0.3, -0.25) is 4.79 Å². The SMILES string of the molecule is CC(C)C(=O)C(C)(C)C1(O)CN(Cc2ccc(Cl)cc2)c2ccccc21. The van der Waals surface area contributed by atoms with Crippen LogP contribution < -0.4 is 4.90 Å². The molecule has 0 radical (unpaired) electrons. The van der Waals surface area contributed by atoms with Crippen molar-refractivity contribution >= 4 is 23.1 Å². The second-order valence-corrected chi connectivity index (χ2v) is 8.44. The molecular formula is C22H26ClNO2. The monoisotopic (exact) mass is 371 g/mol. The molecule has 0 fully saturated rings. The summed E-state index contributed by atoms with van der Waals surface area (Å²) in [6, 6.07) is 15.6. The van der Waals surface area contributed by atoms with Crippen LogP contribution in [0.1, 0.15) is 38.8 Å². The van der Waals surface area contributed by atoms with Crippen LogP contribution in [0.5, 0.6) is 0 Å². The summed E-state index contributed by atoms with van der Waals surface area (Å²) >= 11 is 5.99. The predicted octanol–water partition coefficient (Wildman–Crippen LogP) is 4.80. The van der Waals surface area contributed by atoms with E-state index in [2.05, 4.69) is 4.90 Å². The molecule has 1 atom stereocenters. The van der Waals surface area contributed by atoms with E-state index in [4.69, 9.17) is 11.6 Å². The number of ketones is 1. The van der Waals surface area contributed by atoms with Gasteiger partial charge in [0.05, 0.1) is 12.0 Å². The standard InChI is InChI=1S/C22H26ClNO2/c1-15(2)20(25)21(3,4)22(26)14-24(19-8-6-5-7-18(19)22)13-16-9-11-17(23)12-10-16/h5-12,15,26H,13-14H2,1-4H3. The van der Waals surface area contributed by atoms with Crippen LogP contribution in [-0.2, 0) is 16.9 Å². The summed E-state index contributed by atoms with van der Waals surface area (Å²) in [5, 5.41) is 12.4. The van der Waals surface area contributed by atoms with Gasteiger partial charge in [0.25, 0.3) is 0 Å². The van der Waals surface area contributed by atoms with Crippen LogP contribution in [0, 0.1) is 11.3 Å². The Kier molecular flexibility index (Phi) is 4.89. The quantitative estimate of drug-likeness (QED) is 0.820. The third kappa shape index (κ3) is 3.04. The van der Waals surface area contributed by atoms with Crippen LogP contribution >= 0.6 is 11.6 Å². The minimum absolute atomic E-state index is 0.0724. The minimum Gasteiger partial charge on any atom is -0.382 e. The summed E-state index contributed by atoms with van der Waals surface area (Å²) in [5.41, 5.74) is 0.813. The Balaban J connectivity index is 2.00. The molecule has 0 saturated heterocycles. The zero-order valence-electron chi connectivity index (χ0n) is 15.8. The van der Waals surface area contributed by atoms with Gasteiger partial charge in [0.2, 0.25) is 0 Å². The molecule has 0 bridgehead atoms. The van der Waals surface area contributed by atoms with Crippen LogP contribution in [-0.4, -0.2) is 17.4 Å². The third-order valence-electron chi connectivity index (χ3n) is 5.57. The van der Waals surface area contributed by atoms with Crippen molar-refractivity contribution in [3.63, 3.8) is 0 Å².